The van der Waals surface area contributed by atoms with Gasteiger partial charge in [-0.2, -0.15) is 0 Å². The number of sulfonamides is 1. The first-order chi connectivity index (χ1) is 8.06. The summed E-state index contributed by atoms with van der Waals surface area (Å²) in [6.45, 7) is 4.54. The maximum Gasteiger partial charge on any atom is 0.339 e. The minimum atomic E-state index is -3.70. The topological polar surface area (TPSA) is 83.5 Å². The van der Waals surface area contributed by atoms with E-state index in [9.17, 15) is 13.2 Å². The summed E-state index contributed by atoms with van der Waals surface area (Å²) < 4.78 is 25.1. The number of anilines is 1. The van der Waals surface area contributed by atoms with Crippen LogP contribution in [0.25, 0.3) is 0 Å². The van der Waals surface area contributed by atoms with Gasteiger partial charge in [-0.3, -0.25) is 4.72 Å². The molecule has 0 aliphatic rings. The Labute approximate surface area is 111 Å². The predicted octanol–water partition coefficient (Wildman–Crippen LogP) is 2.58. The zero-order valence-electron chi connectivity index (χ0n) is 10.2. The Hall–Kier alpha value is -1.27. The molecule has 100 valence electrons. The Morgan fingerprint density at radius 3 is 2.33 bits per heavy atom. The second-order valence-electron chi connectivity index (χ2n) is 4.69. The molecule has 0 saturated heterocycles. The van der Waals surface area contributed by atoms with Crippen molar-refractivity contribution in [1.29, 1.82) is 0 Å². The lowest BCUT2D eigenvalue weighted by Crippen LogP contribution is -2.34. The average molecular weight is 292 g/mol. The smallest absolute Gasteiger partial charge is 0.339 e. The molecule has 1 rings (SSSR count). The van der Waals surface area contributed by atoms with Gasteiger partial charge in [0.05, 0.1) is 15.5 Å². The van der Waals surface area contributed by atoms with Crippen molar-refractivity contribution in [2.75, 3.05) is 4.72 Å². The number of benzene rings is 1. The highest BCUT2D eigenvalue weighted by atomic mass is 35.5. The molecule has 7 heteroatoms. The van der Waals surface area contributed by atoms with E-state index in [1.165, 1.54) is 39.0 Å². The van der Waals surface area contributed by atoms with Crippen molar-refractivity contribution >= 4 is 33.3 Å². The molecule has 0 heterocycles. The number of carboxylic acids is 1. The molecule has 0 radical (unpaired) electrons. The second kappa shape index (κ2) is 4.78. The van der Waals surface area contributed by atoms with Gasteiger partial charge in [0.1, 0.15) is 5.56 Å². The van der Waals surface area contributed by atoms with Crippen molar-refractivity contribution in [1.82, 2.24) is 0 Å². The fourth-order valence-corrected chi connectivity index (χ4v) is 2.15. The molecule has 1 aromatic rings. The van der Waals surface area contributed by atoms with Crippen molar-refractivity contribution in [3.63, 3.8) is 0 Å². The Morgan fingerprint density at radius 1 is 1.33 bits per heavy atom. The number of rotatable bonds is 3. The van der Waals surface area contributed by atoms with Gasteiger partial charge in [0.25, 0.3) is 0 Å². The summed E-state index contributed by atoms with van der Waals surface area (Å²) in [4.78, 5) is 11.1. The third-order valence-corrected chi connectivity index (χ3v) is 4.69. The molecule has 0 aromatic heterocycles. The van der Waals surface area contributed by atoms with Gasteiger partial charge >= 0.3 is 5.97 Å². The summed E-state index contributed by atoms with van der Waals surface area (Å²) in [7, 11) is -3.70. The number of carboxylic acid groups (broad SMARTS) is 1. The highest BCUT2D eigenvalue weighted by Crippen LogP contribution is 2.27. The summed E-state index contributed by atoms with van der Waals surface area (Å²) in [5, 5.41) is 9.01. The molecule has 0 atom stereocenters. The van der Waals surface area contributed by atoms with E-state index in [1.54, 1.807) is 0 Å². The predicted molar refractivity (Wildman–Crippen MR) is 70.7 cm³/mol. The third kappa shape index (κ3) is 2.94. The molecule has 0 unspecified atom stereocenters. The zero-order valence-corrected chi connectivity index (χ0v) is 11.8. The monoisotopic (exact) mass is 291 g/mol. The highest BCUT2D eigenvalue weighted by Gasteiger charge is 2.30. The van der Waals surface area contributed by atoms with Crippen molar-refractivity contribution in [2.45, 2.75) is 25.5 Å². The molecule has 0 amide bonds. The minimum absolute atomic E-state index is 0.0170. The molecule has 0 fully saturated rings. The lowest BCUT2D eigenvalue weighted by molar-refractivity contribution is 0.0698. The molecule has 0 spiro atoms. The van der Waals surface area contributed by atoms with E-state index in [4.69, 9.17) is 16.7 Å². The van der Waals surface area contributed by atoms with Crippen LogP contribution < -0.4 is 4.72 Å². The lowest BCUT2D eigenvalue weighted by atomic mass is 10.2. The summed E-state index contributed by atoms with van der Waals surface area (Å²) in [5.41, 5.74) is -0.295. The van der Waals surface area contributed by atoms with E-state index in [2.05, 4.69) is 4.72 Å². The van der Waals surface area contributed by atoms with E-state index in [1.807, 2.05) is 0 Å². The van der Waals surface area contributed by atoms with Crippen LogP contribution >= 0.6 is 11.6 Å². The lowest BCUT2D eigenvalue weighted by Gasteiger charge is -2.21. The van der Waals surface area contributed by atoms with Crippen LogP contribution in [0.15, 0.2) is 18.2 Å². The summed E-state index contributed by atoms with van der Waals surface area (Å²) in [6, 6.07) is 4.23. The quantitative estimate of drug-likeness (QED) is 0.896. The first-order valence-electron chi connectivity index (χ1n) is 5.10. The maximum atomic E-state index is 12.0. The van der Waals surface area contributed by atoms with Crippen LogP contribution in [0.2, 0.25) is 5.02 Å². The summed E-state index contributed by atoms with van der Waals surface area (Å²) in [5.74, 6) is -1.28. The molecule has 1 aromatic carbocycles. The number of aromatic carboxylic acids is 1. The Balaban J connectivity index is 3.30. The van der Waals surface area contributed by atoms with E-state index >= 15 is 0 Å². The zero-order chi connectivity index (χ0) is 14.1. The van der Waals surface area contributed by atoms with Gasteiger partial charge in [-0.25, -0.2) is 13.2 Å². The molecular formula is C11H14ClNO4S. The Kier molecular flexibility index (Phi) is 3.92. The normalized spacial score (nSPS) is 12.2. The van der Waals surface area contributed by atoms with Crippen LogP contribution in [0, 0.1) is 0 Å². The van der Waals surface area contributed by atoms with E-state index in [0.29, 0.717) is 0 Å². The molecule has 18 heavy (non-hydrogen) atoms. The average Bonchev–Trinajstić information content (AvgIpc) is 2.14. The first kappa shape index (κ1) is 14.8. The Morgan fingerprint density at radius 2 is 1.89 bits per heavy atom. The summed E-state index contributed by atoms with van der Waals surface area (Å²) >= 11 is 5.75. The molecule has 0 aliphatic heterocycles. The molecular weight excluding hydrogens is 278 g/mol. The van der Waals surface area contributed by atoms with Gasteiger partial charge in [0.15, 0.2) is 0 Å². The van der Waals surface area contributed by atoms with Crippen molar-refractivity contribution in [2.24, 2.45) is 0 Å². The highest BCUT2D eigenvalue weighted by molar-refractivity contribution is 7.94. The summed E-state index contributed by atoms with van der Waals surface area (Å²) in [6.07, 6.45) is 0. The van der Waals surface area contributed by atoms with Gasteiger partial charge < -0.3 is 5.11 Å². The van der Waals surface area contributed by atoms with Crippen LogP contribution in [-0.4, -0.2) is 24.2 Å². The van der Waals surface area contributed by atoms with Crippen LogP contribution in [0.5, 0.6) is 0 Å². The number of halogens is 1. The fourth-order valence-electron chi connectivity index (χ4n) is 1.12. The van der Waals surface area contributed by atoms with Gasteiger partial charge in [0, 0.05) is 0 Å². The maximum absolute atomic E-state index is 12.0. The fraction of sp³-hybridized carbons (Fsp3) is 0.364. The molecule has 5 nitrogen and oxygen atoms in total. The van der Waals surface area contributed by atoms with Gasteiger partial charge in [-0.1, -0.05) is 17.7 Å². The minimum Gasteiger partial charge on any atom is -0.478 e. The second-order valence-corrected chi connectivity index (χ2v) is 7.53. The third-order valence-electron chi connectivity index (χ3n) is 2.28. The molecule has 2 N–H and O–H groups in total. The number of hydrogen-bond donors (Lipinski definition) is 2. The van der Waals surface area contributed by atoms with E-state index < -0.39 is 20.7 Å². The number of carbonyl (C=O) groups is 1. The van der Waals surface area contributed by atoms with Crippen molar-refractivity contribution < 1.29 is 18.3 Å². The van der Waals surface area contributed by atoms with Crippen LogP contribution in [-0.2, 0) is 10.0 Å². The van der Waals surface area contributed by atoms with Gasteiger partial charge in [0.2, 0.25) is 10.0 Å². The number of nitrogens with one attached hydrogen (secondary N) is 1. The van der Waals surface area contributed by atoms with Crippen LogP contribution in [0.3, 0.4) is 0 Å². The first-order valence-corrected chi connectivity index (χ1v) is 6.96. The van der Waals surface area contributed by atoms with E-state index in [-0.39, 0.29) is 16.3 Å². The molecule has 0 saturated carbocycles. The molecule has 0 aliphatic carbocycles. The van der Waals surface area contributed by atoms with Crippen LogP contribution in [0.4, 0.5) is 5.69 Å². The van der Waals surface area contributed by atoms with Crippen molar-refractivity contribution in [3.8, 4) is 0 Å². The van der Waals surface area contributed by atoms with E-state index in [0.717, 1.165) is 0 Å². The standard InChI is InChI=1S/C11H14ClNO4S/c1-11(2,3)18(16,17)13-8-6-4-5-7(12)9(8)10(14)15/h4-6,13H,1-3H3,(H,14,15). The SMILES string of the molecule is CC(C)(C)S(=O)(=O)Nc1cccc(Cl)c1C(=O)O. The number of hydrogen-bond acceptors (Lipinski definition) is 3. The van der Waals surface area contributed by atoms with Crippen molar-refractivity contribution in [3.05, 3.63) is 28.8 Å². The van der Waals surface area contributed by atoms with Gasteiger partial charge in [-0.05, 0) is 32.9 Å². The van der Waals surface area contributed by atoms with Gasteiger partial charge in [-0.15, -0.1) is 0 Å². The molecule has 0 bridgehead atoms. The Bertz CT molecular complexity index is 575. The van der Waals surface area contributed by atoms with Crippen LogP contribution in [0.1, 0.15) is 31.1 Å². The largest absolute Gasteiger partial charge is 0.478 e.